The average Bonchev–Trinajstić information content (AvgIpc) is 3.30. The SMILES string of the molecule is CC1(C)Oc2ccc(B3OC(C)(C)C(C)(C)O3)cc2O1.S=S=S=S=S=S=S=S=S=S=S=S=S=S=S=S=S=S=S. The summed E-state index contributed by atoms with van der Waals surface area (Å²) in [5.41, 5.74) is 0.268. The van der Waals surface area contributed by atoms with Crippen LogP contribution in [0.5, 0.6) is 11.5 Å². The lowest BCUT2D eigenvalue weighted by Crippen LogP contribution is -2.41. The van der Waals surface area contributed by atoms with Gasteiger partial charge in [-0.05, 0) is 45.3 Å². The fourth-order valence-corrected chi connectivity index (χ4v) is 43.7. The van der Waals surface area contributed by atoms with E-state index in [0.717, 1.165) is 17.0 Å². The molecule has 222 valence electrons. The molecule has 0 aromatic heterocycles. The van der Waals surface area contributed by atoms with Gasteiger partial charge in [0.1, 0.15) is 0 Å². The Morgan fingerprint density at radius 3 is 1.28 bits per heavy atom. The number of fused-ring (bicyclic) bond motifs is 1. The quantitative estimate of drug-likeness (QED) is 0.405. The normalized spacial score (nSPS) is 16.4. The van der Waals surface area contributed by atoms with Crippen LogP contribution in [0.1, 0.15) is 41.5 Å². The molecule has 0 atom stereocenters. The monoisotopic (exact) mass is 884 g/mol. The molecule has 39 heavy (non-hydrogen) atoms. The van der Waals surface area contributed by atoms with Gasteiger partial charge >= 0.3 is 7.12 Å². The lowest BCUT2D eigenvalue weighted by Gasteiger charge is -2.32. The summed E-state index contributed by atoms with van der Waals surface area (Å²) >= 11 is 9.50. The molecule has 0 spiro atoms. The van der Waals surface area contributed by atoms with Gasteiger partial charge in [0.25, 0.3) is 0 Å². The molecule has 3 rings (SSSR count). The zero-order chi connectivity index (χ0) is 28.8. The summed E-state index contributed by atoms with van der Waals surface area (Å²) in [6.45, 7) is 12.0. The van der Waals surface area contributed by atoms with E-state index in [2.05, 4.69) is 0 Å². The van der Waals surface area contributed by atoms with Crippen molar-refractivity contribution in [2.75, 3.05) is 0 Å². The van der Waals surface area contributed by atoms with Crippen LogP contribution in [0.3, 0.4) is 0 Å². The maximum atomic E-state index is 6.04. The molecule has 0 aliphatic carbocycles. The second-order valence-corrected chi connectivity index (χ2v) is 38.1. The number of benzene rings is 1. The van der Waals surface area contributed by atoms with E-state index in [1.807, 2.05) is 59.7 Å². The first-order valence-electron chi connectivity index (χ1n) is 9.97. The molecule has 24 heteroatoms. The van der Waals surface area contributed by atoms with E-state index in [0.29, 0.717) is 0 Å². The molecule has 0 radical (unpaired) electrons. The number of hydrogen-bond donors (Lipinski definition) is 0. The Labute approximate surface area is 288 Å². The van der Waals surface area contributed by atoms with Crippen LogP contribution in [0.4, 0.5) is 0 Å². The van der Waals surface area contributed by atoms with E-state index >= 15 is 0 Å². The van der Waals surface area contributed by atoms with Crippen LogP contribution in [0.2, 0.25) is 0 Å². The van der Waals surface area contributed by atoms with E-state index in [1.165, 1.54) is 17.8 Å². The van der Waals surface area contributed by atoms with E-state index in [1.54, 1.807) is 133 Å². The topological polar surface area (TPSA) is 36.9 Å². The molecule has 1 aromatic rings. The van der Waals surface area contributed by atoms with E-state index < -0.39 is 5.79 Å². The van der Waals surface area contributed by atoms with Crippen LogP contribution in [-0.2, 0) is 183 Å². The van der Waals surface area contributed by atoms with Crippen molar-refractivity contribution in [1.82, 2.24) is 0 Å². The van der Waals surface area contributed by atoms with Crippen molar-refractivity contribution in [3.05, 3.63) is 18.2 Å². The maximum Gasteiger partial charge on any atom is 0.494 e. The highest BCUT2D eigenvalue weighted by Crippen LogP contribution is 2.40. The fraction of sp³-hybridized carbons (Fsp3) is 0.600. The van der Waals surface area contributed by atoms with E-state index in [-0.39, 0.29) is 18.3 Å². The predicted molar refractivity (Wildman–Crippen MR) is 217 cm³/mol. The molecule has 4 nitrogen and oxygen atoms in total. The van der Waals surface area contributed by atoms with Gasteiger partial charge in [0.15, 0.2) is 11.5 Å². The molecule has 0 amide bonds. The van der Waals surface area contributed by atoms with Gasteiger partial charge in [-0.1, -0.05) is 6.07 Å². The highest BCUT2D eigenvalue weighted by molar-refractivity contribution is 8.78. The highest BCUT2D eigenvalue weighted by atomic mass is 33.5. The van der Waals surface area contributed by atoms with Gasteiger partial charge in [-0.3, -0.25) is 0 Å². The second-order valence-electron chi connectivity index (χ2n) is 8.06. The summed E-state index contributed by atoms with van der Waals surface area (Å²) in [6, 6.07) is 5.81. The zero-order valence-corrected chi connectivity index (χ0v) is 36.2. The Morgan fingerprint density at radius 1 is 0.538 bits per heavy atom. The minimum Gasteiger partial charge on any atom is -0.449 e. The van der Waals surface area contributed by atoms with E-state index in [4.69, 9.17) is 41.2 Å². The third kappa shape index (κ3) is 14.8. The molecule has 2 aliphatic heterocycles. The summed E-state index contributed by atoms with van der Waals surface area (Å²) < 4.78 is 23.5. The van der Waals surface area contributed by atoms with Gasteiger partial charge < -0.3 is 18.8 Å². The highest BCUT2D eigenvalue weighted by Gasteiger charge is 2.52. The Kier molecular flexibility index (Phi) is 19.7. The van der Waals surface area contributed by atoms with Crippen molar-refractivity contribution < 1.29 is 18.8 Å². The Bertz CT molecular complexity index is 1720. The molecule has 0 saturated carbocycles. The molecule has 0 N–H and O–H groups in total. The zero-order valence-electron chi connectivity index (χ0n) is 20.7. The van der Waals surface area contributed by atoms with Gasteiger partial charge in [0.2, 0.25) is 5.79 Å². The van der Waals surface area contributed by atoms with Crippen molar-refractivity contribution in [1.29, 1.82) is 0 Å². The van der Waals surface area contributed by atoms with Crippen LogP contribution in [0.15, 0.2) is 18.2 Å². The van der Waals surface area contributed by atoms with Gasteiger partial charge in [-0.15, -0.1) is 0 Å². The third-order valence-electron chi connectivity index (χ3n) is 4.65. The molecular weight excluding hydrogens is 864 g/mol. The van der Waals surface area contributed by atoms with Crippen molar-refractivity contribution in [3.8, 4) is 11.5 Å². The first-order chi connectivity index (χ1) is 18.5. The summed E-state index contributed by atoms with van der Waals surface area (Å²) in [6.07, 6.45) is 0. The number of hydrogen-bond acceptors (Lipinski definition) is 6. The Morgan fingerprint density at radius 2 is 0.897 bits per heavy atom. The molecule has 2 aliphatic rings. The molecule has 1 fully saturated rings. The van der Waals surface area contributed by atoms with Crippen LogP contribution in [0.25, 0.3) is 0 Å². The smallest absolute Gasteiger partial charge is 0.449 e. The van der Waals surface area contributed by atoms with Crippen LogP contribution in [0, 0.1) is 0 Å². The van der Waals surface area contributed by atoms with Crippen LogP contribution >= 0.6 is 0 Å². The minimum atomic E-state index is -0.614. The van der Waals surface area contributed by atoms with Crippen molar-refractivity contribution >= 4 is 186 Å². The molecular formula is C15H21BO4S19. The lowest BCUT2D eigenvalue weighted by molar-refractivity contribution is -0.0431. The average molecular weight is 885 g/mol. The molecule has 0 unspecified atom stereocenters. The third-order valence-corrected chi connectivity index (χ3v) is 40.2. The molecule has 1 aromatic carbocycles. The standard InChI is InChI=1S/C15H21BO4.S19/c1-13(2)14(3,4)20-16(19-13)10-7-8-11-12(9-10)18-15(5,6)17-11;1-3-5-7-9-11-13-15-17-19-18-16-14-12-10-8-6-4-2/h7-9H,1-6H3;. The van der Waals surface area contributed by atoms with Crippen LogP contribution < -0.4 is 14.9 Å². The summed E-state index contributed by atoms with van der Waals surface area (Å²) in [7, 11) is 28.6. The second kappa shape index (κ2) is 20.2. The van der Waals surface area contributed by atoms with Crippen molar-refractivity contribution in [2.24, 2.45) is 0 Å². The van der Waals surface area contributed by atoms with Gasteiger partial charge in [-0.25, -0.2) is 0 Å². The first kappa shape index (κ1) is 38.2. The first-order valence-corrected chi connectivity index (χ1v) is 34.0. The van der Waals surface area contributed by atoms with Gasteiger partial charge in [-0.2, -0.15) is 0 Å². The number of rotatable bonds is 1. The number of ether oxygens (including phenoxy) is 2. The fourth-order valence-electron chi connectivity index (χ4n) is 2.54. The lowest BCUT2D eigenvalue weighted by atomic mass is 9.79. The summed E-state index contributed by atoms with van der Waals surface area (Å²) in [5.74, 6) is 0.883. The van der Waals surface area contributed by atoms with Crippen molar-refractivity contribution in [2.45, 2.75) is 58.5 Å². The largest absolute Gasteiger partial charge is 0.494 e. The molecule has 0 bridgehead atoms. The maximum absolute atomic E-state index is 6.04. The Hall–Kier alpha value is 2.98. The predicted octanol–water partition coefficient (Wildman–Crippen LogP) is 2.45. The van der Waals surface area contributed by atoms with Crippen molar-refractivity contribution in [3.63, 3.8) is 0 Å². The van der Waals surface area contributed by atoms with Gasteiger partial charge in [0, 0.05) is 187 Å². The summed E-state index contributed by atoms with van der Waals surface area (Å²) in [4.78, 5) is 0. The van der Waals surface area contributed by atoms with Crippen LogP contribution in [-0.4, -0.2) is 24.1 Å². The van der Waals surface area contributed by atoms with Gasteiger partial charge in [0.05, 0.1) is 11.2 Å². The molecule has 2 heterocycles. The minimum absolute atomic E-state index is 0.340. The summed E-state index contributed by atoms with van der Waals surface area (Å²) in [5, 5.41) is 0. The molecule has 1 saturated heterocycles. The van der Waals surface area contributed by atoms with E-state index in [9.17, 15) is 0 Å². The Balaban J connectivity index is 0.000000274.